The zero-order valence-corrected chi connectivity index (χ0v) is 19.6. The molecule has 5 heterocycles. The van der Waals surface area contributed by atoms with Gasteiger partial charge in [0.2, 0.25) is 0 Å². The summed E-state index contributed by atoms with van der Waals surface area (Å²) >= 11 is 0. The van der Waals surface area contributed by atoms with E-state index in [1.807, 2.05) is 22.6 Å². The molecule has 4 aromatic rings. The van der Waals surface area contributed by atoms with Crippen LogP contribution in [0.4, 0.5) is 10.2 Å². The normalized spacial score (nSPS) is 16.9. The van der Waals surface area contributed by atoms with Gasteiger partial charge in [0.25, 0.3) is 0 Å². The van der Waals surface area contributed by atoms with Crippen molar-refractivity contribution >= 4 is 11.5 Å². The van der Waals surface area contributed by atoms with Crippen molar-refractivity contribution in [3.63, 3.8) is 0 Å². The lowest BCUT2D eigenvalue weighted by atomic mass is 9.96. The molecule has 6 rings (SSSR count). The number of hydrogen-bond donors (Lipinski definition) is 2. The van der Waals surface area contributed by atoms with E-state index in [2.05, 4.69) is 20.5 Å². The number of benzene rings is 1. The van der Waals surface area contributed by atoms with Crippen LogP contribution in [0.2, 0.25) is 0 Å². The van der Waals surface area contributed by atoms with E-state index in [9.17, 15) is 9.50 Å². The lowest BCUT2D eigenvalue weighted by Gasteiger charge is -2.19. The molecule has 35 heavy (non-hydrogen) atoms. The lowest BCUT2D eigenvalue weighted by molar-refractivity contribution is 0.0711. The molecule has 3 aromatic heterocycles. The van der Waals surface area contributed by atoms with Crippen LogP contribution in [-0.2, 0) is 13.0 Å². The number of aryl methyl sites for hydroxylation is 1. The van der Waals surface area contributed by atoms with Crippen LogP contribution in [0.25, 0.3) is 16.8 Å². The maximum atomic E-state index is 14.8. The van der Waals surface area contributed by atoms with Gasteiger partial charge in [-0.2, -0.15) is 0 Å². The molecule has 0 radical (unpaired) electrons. The minimum atomic E-state index is -0.803. The average molecular weight is 476 g/mol. The van der Waals surface area contributed by atoms with Gasteiger partial charge in [-0.05, 0) is 51.0 Å². The zero-order valence-electron chi connectivity index (χ0n) is 19.6. The highest BCUT2D eigenvalue weighted by Crippen LogP contribution is 2.42. The van der Waals surface area contributed by atoms with Gasteiger partial charge in [0.05, 0.1) is 24.7 Å². The Labute approximate surface area is 201 Å². The van der Waals surface area contributed by atoms with E-state index in [0.717, 1.165) is 22.4 Å². The third-order valence-electron chi connectivity index (χ3n) is 6.67. The SMILES string of the molecule is CC(C)(O)CCc1ncccc1-c1cc2c(n3cnnc13)NCc1c(F)ccc3c1[C@H](CO3)CO2. The van der Waals surface area contributed by atoms with Gasteiger partial charge in [0.15, 0.2) is 17.2 Å². The molecule has 0 saturated heterocycles. The monoisotopic (exact) mass is 475 g/mol. The number of rotatable bonds is 4. The molecule has 2 N–H and O–H groups in total. The third-order valence-corrected chi connectivity index (χ3v) is 6.67. The molecule has 0 aliphatic carbocycles. The fourth-order valence-corrected chi connectivity index (χ4v) is 4.89. The summed E-state index contributed by atoms with van der Waals surface area (Å²) in [5.41, 5.74) is 3.88. The van der Waals surface area contributed by atoms with Gasteiger partial charge < -0.3 is 19.9 Å². The molecular weight excluding hydrogens is 449 g/mol. The standard InChI is InChI=1S/C26H26FN5O3/c1-26(2,33)8-7-20-16(4-3-9-28-20)17-10-22-25(32-14-30-31-24(17)32)29-11-18-19(27)5-6-21-23(18)15(12-34-21)13-35-22/h3-6,9-10,14-15,29,33H,7-8,11-13H2,1-2H3/t15-/m1/s1. The van der Waals surface area contributed by atoms with Crippen LogP contribution >= 0.6 is 0 Å². The van der Waals surface area contributed by atoms with Crippen LogP contribution in [0.15, 0.2) is 42.9 Å². The molecule has 180 valence electrons. The highest BCUT2D eigenvalue weighted by Gasteiger charge is 2.32. The van der Waals surface area contributed by atoms with Crippen molar-refractivity contribution in [3.8, 4) is 22.6 Å². The number of ether oxygens (including phenoxy) is 2. The first-order valence-corrected chi connectivity index (χ1v) is 11.7. The van der Waals surface area contributed by atoms with Crippen molar-refractivity contribution in [2.24, 2.45) is 0 Å². The van der Waals surface area contributed by atoms with Crippen molar-refractivity contribution in [2.45, 2.75) is 44.8 Å². The van der Waals surface area contributed by atoms with E-state index in [1.165, 1.54) is 6.07 Å². The highest BCUT2D eigenvalue weighted by atomic mass is 19.1. The lowest BCUT2D eigenvalue weighted by Crippen LogP contribution is -2.19. The minimum absolute atomic E-state index is 0.0655. The Morgan fingerprint density at radius 2 is 2.00 bits per heavy atom. The van der Waals surface area contributed by atoms with E-state index < -0.39 is 5.60 Å². The first-order valence-electron chi connectivity index (χ1n) is 11.7. The van der Waals surface area contributed by atoms with Gasteiger partial charge >= 0.3 is 0 Å². The second kappa shape index (κ2) is 8.20. The van der Waals surface area contributed by atoms with Crippen LogP contribution in [0.5, 0.6) is 11.5 Å². The van der Waals surface area contributed by atoms with Crippen LogP contribution in [0, 0.1) is 5.82 Å². The van der Waals surface area contributed by atoms with Crippen molar-refractivity contribution in [2.75, 3.05) is 18.5 Å². The van der Waals surface area contributed by atoms with Crippen molar-refractivity contribution in [1.82, 2.24) is 19.6 Å². The van der Waals surface area contributed by atoms with Crippen molar-refractivity contribution < 1.29 is 19.0 Å². The fraction of sp³-hybridized carbons (Fsp3) is 0.346. The summed E-state index contributed by atoms with van der Waals surface area (Å²) in [5, 5.41) is 22.1. The number of pyridine rings is 2. The number of aromatic nitrogens is 4. The largest absolute Gasteiger partial charge is 0.493 e. The summed E-state index contributed by atoms with van der Waals surface area (Å²) < 4.78 is 28.8. The molecule has 0 bridgehead atoms. The van der Waals surface area contributed by atoms with Gasteiger partial charge in [0.1, 0.15) is 17.9 Å². The quantitative estimate of drug-likeness (QED) is 0.459. The maximum Gasteiger partial charge on any atom is 0.170 e. The molecular formula is C26H26FN5O3. The Morgan fingerprint density at radius 1 is 1.17 bits per heavy atom. The molecule has 2 aliphatic rings. The van der Waals surface area contributed by atoms with Crippen molar-refractivity contribution in [3.05, 3.63) is 65.5 Å². The number of anilines is 1. The Hall–Kier alpha value is -3.72. The number of halogens is 1. The topological polar surface area (TPSA) is 93.8 Å². The maximum absolute atomic E-state index is 14.8. The second-order valence-electron chi connectivity index (χ2n) is 9.72. The Bertz CT molecular complexity index is 1430. The van der Waals surface area contributed by atoms with Crippen molar-refractivity contribution in [1.29, 1.82) is 0 Å². The molecule has 8 nitrogen and oxygen atoms in total. The summed E-state index contributed by atoms with van der Waals surface area (Å²) in [6.45, 7) is 4.66. The summed E-state index contributed by atoms with van der Waals surface area (Å²) in [4.78, 5) is 4.60. The summed E-state index contributed by atoms with van der Waals surface area (Å²) in [6, 6.07) is 8.96. The molecule has 1 aromatic carbocycles. The van der Waals surface area contributed by atoms with Gasteiger partial charge in [0, 0.05) is 40.7 Å². The van der Waals surface area contributed by atoms with Gasteiger partial charge in [-0.25, -0.2) is 4.39 Å². The number of hydrogen-bond acceptors (Lipinski definition) is 7. The average Bonchev–Trinajstić information content (AvgIpc) is 3.49. The molecule has 1 atom stereocenters. The molecule has 0 saturated carbocycles. The zero-order chi connectivity index (χ0) is 24.2. The van der Waals surface area contributed by atoms with Crippen LogP contribution in [0.3, 0.4) is 0 Å². The summed E-state index contributed by atoms with van der Waals surface area (Å²) in [6.07, 6.45) is 4.55. The van der Waals surface area contributed by atoms with Crippen LogP contribution in [-0.4, -0.2) is 43.5 Å². The van der Waals surface area contributed by atoms with E-state index in [-0.39, 0.29) is 18.3 Å². The molecule has 2 aliphatic heterocycles. The summed E-state index contributed by atoms with van der Waals surface area (Å²) in [5.74, 6) is 1.66. The van der Waals surface area contributed by atoms with E-state index in [4.69, 9.17) is 9.47 Å². The van der Waals surface area contributed by atoms with Gasteiger partial charge in [-0.1, -0.05) is 6.07 Å². The van der Waals surface area contributed by atoms with E-state index in [0.29, 0.717) is 54.6 Å². The smallest absolute Gasteiger partial charge is 0.170 e. The molecule has 0 unspecified atom stereocenters. The predicted molar refractivity (Wildman–Crippen MR) is 128 cm³/mol. The molecule has 9 heteroatoms. The Morgan fingerprint density at radius 3 is 2.83 bits per heavy atom. The fourth-order valence-electron chi connectivity index (χ4n) is 4.89. The van der Waals surface area contributed by atoms with E-state index in [1.54, 1.807) is 32.4 Å². The van der Waals surface area contributed by atoms with Crippen LogP contribution < -0.4 is 14.8 Å². The molecule has 0 amide bonds. The number of nitrogens with one attached hydrogen (secondary N) is 1. The third kappa shape index (κ3) is 3.85. The summed E-state index contributed by atoms with van der Waals surface area (Å²) in [7, 11) is 0. The molecule has 0 fully saturated rings. The van der Waals surface area contributed by atoms with Crippen LogP contribution in [0.1, 0.15) is 43.0 Å². The number of fused-ring (bicyclic) bond motifs is 3. The second-order valence-corrected chi connectivity index (χ2v) is 9.72. The predicted octanol–water partition coefficient (Wildman–Crippen LogP) is 4.11. The molecule has 0 spiro atoms. The Kier molecular flexibility index (Phi) is 5.10. The number of aliphatic hydroxyl groups is 1. The Balaban J connectivity index is 1.46. The highest BCUT2D eigenvalue weighted by molar-refractivity contribution is 5.83. The van der Waals surface area contributed by atoms with Gasteiger partial charge in [-0.15, -0.1) is 10.2 Å². The van der Waals surface area contributed by atoms with Gasteiger partial charge in [-0.3, -0.25) is 9.38 Å². The van der Waals surface area contributed by atoms with E-state index >= 15 is 0 Å². The first-order chi connectivity index (χ1) is 16.9. The number of nitrogens with zero attached hydrogens (tertiary/aromatic N) is 4. The first kappa shape index (κ1) is 21.8. The minimum Gasteiger partial charge on any atom is -0.493 e.